The molecule has 2 aromatic rings. The first-order chi connectivity index (χ1) is 12.7. The fourth-order valence-corrected chi connectivity index (χ4v) is 4.03. The molecule has 8 nitrogen and oxygen atoms in total. The standard InChI is InChI=1S/C18H28N6O2/c1-16-20-17(26-21-16)14-23-12-13-25-18(15-23)4-10-22(11-5-18)7-3-9-24-8-2-6-19-24/h2,6,8H,3-5,7,9-15H2,1H3. The van der Waals surface area contributed by atoms with Crippen LogP contribution in [0, 0.1) is 6.92 Å². The first kappa shape index (κ1) is 17.6. The van der Waals surface area contributed by atoms with E-state index in [0.29, 0.717) is 11.7 Å². The molecule has 0 N–H and O–H groups in total. The van der Waals surface area contributed by atoms with Crippen molar-refractivity contribution in [3.63, 3.8) is 0 Å². The van der Waals surface area contributed by atoms with E-state index in [-0.39, 0.29) is 5.60 Å². The topological polar surface area (TPSA) is 72.5 Å². The van der Waals surface area contributed by atoms with Gasteiger partial charge in [-0.25, -0.2) is 0 Å². The Morgan fingerprint density at radius 2 is 2.04 bits per heavy atom. The third-order valence-corrected chi connectivity index (χ3v) is 5.44. The van der Waals surface area contributed by atoms with Gasteiger partial charge in [0.1, 0.15) is 0 Å². The first-order valence-electron chi connectivity index (χ1n) is 9.56. The van der Waals surface area contributed by atoms with Crippen molar-refractivity contribution in [2.24, 2.45) is 0 Å². The van der Waals surface area contributed by atoms with E-state index in [1.165, 1.54) is 0 Å². The minimum Gasteiger partial charge on any atom is -0.372 e. The van der Waals surface area contributed by atoms with E-state index in [4.69, 9.17) is 9.26 Å². The van der Waals surface area contributed by atoms with E-state index < -0.39 is 0 Å². The van der Waals surface area contributed by atoms with Crippen molar-refractivity contribution in [2.75, 3.05) is 39.3 Å². The molecule has 0 bridgehead atoms. The average molecular weight is 360 g/mol. The van der Waals surface area contributed by atoms with Crippen LogP contribution in [0.2, 0.25) is 0 Å². The SMILES string of the molecule is Cc1noc(CN2CCOC3(CCN(CCCn4cccn4)CC3)C2)n1. The molecule has 142 valence electrons. The lowest BCUT2D eigenvalue weighted by Crippen LogP contribution is -2.56. The van der Waals surface area contributed by atoms with Gasteiger partial charge < -0.3 is 14.2 Å². The van der Waals surface area contributed by atoms with Gasteiger partial charge in [-0.2, -0.15) is 10.1 Å². The molecular formula is C18H28N6O2. The molecule has 26 heavy (non-hydrogen) atoms. The number of hydrogen-bond donors (Lipinski definition) is 0. The predicted octanol–water partition coefficient (Wildman–Crippen LogP) is 1.33. The van der Waals surface area contributed by atoms with Crippen LogP contribution in [0.3, 0.4) is 0 Å². The maximum absolute atomic E-state index is 6.24. The van der Waals surface area contributed by atoms with Gasteiger partial charge in [-0.3, -0.25) is 9.58 Å². The van der Waals surface area contributed by atoms with Crippen LogP contribution in [0.5, 0.6) is 0 Å². The zero-order valence-electron chi connectivity index (χ0n) is 15.5. The van der Waals surface area contributed by atoms with E-state index >= 15 is 0 Å². The summed E-state index contributed by atoms with van der Waals surface area (Å²) in [6.45, 7) is 9.57. The molecule has 0 atom stereocenters. The Morgan fingerprint density at radius 1 is 1.15 bits per heavy atom. The van der Waals surface area contributed by atoms with E-state index in [9.17, 15) is 0 Å². The number of morpholine rings is 1. The highest BCUT2D eigenvalue weighted by Gasteiger charge is 2.39. The second-order valence-electron chi connectivity index (χ2n) is 7.44. The van der Waals surface area contributed by atoms with Gasteiger partial charge in [0.25, 0.3) is 0 Å². The predicted molar refractivity (Wildman–Crippen MR) is 95.5 cm³/mol. The van der Waals surface area contributed by atoms with Gasteiger partial charge in [0.15, 0.2) is 5.82 Å². The molecule has 1 spiro atoms. The van der Waals surface area contributed by atoms with Crippen LogP contribution >= 0.6 is 0 Å². The minimum absolute atomic E-state index is 0.00814. The largest absolute Gasteiger partial charge is 0.372 e. The van der Waals surface area contributed by atoms with Gasteiger partial charge in [-0.1, -0.05) is 5.16 Å². The summed E-state index contributed by atoms with van der Waals surface area (Å²) < 4.78 is 13.5. The molecule has 8 heteroatoms. The molecule has 2 aliphatic rings. The van der Waals surface area contributed by atoms with Gasteiger partial charge in [0.05, 0.1) is 18.8 Å². The number of piperidine rings is 1. The van der Waals surface area contributed by atoms with Crippen molar-refractivity contribution in [1.29, 1.82) is 0 Å². The van der Waals surface area contributed by atoms with Crippen molar-refractivity contribution >= 4 is 0 Å². The highest BCUT2D eigenvalue weighted by Crippen LogP contribution is 2.30. The van der Waals surface area contributed by atoms with Crippen LogP contribution < -0.4 is 0 Å². The zero-order valence-corrected chi connectivity index (χ0v) is 15.5. The molecule has 0 aromatic carbocycles. The molecule has 2 fully saturated rings. The van der Waals surface area contributed by atoms with Crippen LogP contribution in [-0.4, -0.2) is 74.7 Å². The van der Waals surface area contributed by atoms with E-state index in [1.807, 2.05) is 30.1 Å². The Morgan fingerprint density at radius 3 is 2.77 bits per heavy atom. The molecule has 4 heterocycles. The number of aromatic nitrogens is 4. The third kappa shape index (κ3) is 4.31. The summed E-state index contributed by atoms with van der Waals surface area (Å²) >= 11 is 0. The van der Waals surface area contributed by atoms with Crippen LogP contribution in [0.25, 0.3) is 0 Å². The molecule has 0 amide bonds. The normalized spacial score (nSPS) is 21.4. The van der Waals surface area contributed by atoms with Crippen LogP contribution in [0.15, 0.2) is 23.0 Å². The number of rotatable bonds is 6. The van der Waals surface area contributed by atoms with Gasteiger partial charge in [0, 0.05) is 45.1 Å². The van der Waals surface area contributed by atoms with Crippen molar-refractivity contribution in [2.45, 2.75) is 44.9 Å². The van der Waals surface area contributed by atoms with Gasteiger partial charge >= 0.3 is 0 Å². The Hall–Kier alpha value is -1.77. The first-order valence-corrected chi connectivity index (χ1v) is 9.56. The van der Waals surface area contributed by atoms with E-state index in [0.717, 1.165) is 71.7 Å². The van der Waals surface area contributed by atoms with Crippen molar-refractivity contribution in [1.82, 2.24) is 29.7 Å². The lowest BCUT2D eigenvalue weighted by Gasteiger charge is -2.47. The number of nitrogens with zero attached hydrogens (tertiary/aromatic N) is 6. The second-order valence-corrected chi connectivity index (χ2v) is 7.44. The Labute approximate surface area is 154 Å². The fraction of sp³-hybridized carbons (Fsp3) is 0.722. The summed E-state index contributed by atoms with van der Waals surface area (Å²) in [4.78, 5) is 9.28. The zero-order chi connectivity index (χ0) is 17.8. The minimum atomic E-state index is -0.00814. The molecular weight excluding hydrogens is 332 g/mol. The van der Waals surface area contributed by atoms with Crippen molar-refractivity contribution in [3.8, 4) is 0 Å². The van der Waals surface area contributed by atoms with E-state index in [1.54, 1.807) is 0 Å². The highest BCUT2D eigenvalue weighted by molar-refractivity contribution is 4.94. The maximum Gasteiger partial charge on any atom is 0.240 e. The fourth-order valence-electron chi connectivity index (χ4n) is 4.03. The molecule has 2 saturated heterocycles. The molecule has 2 aliphatic heterocycles. The van der Waals surface area contributed by atoms with Crippen LogP contribution in [0.4, 0.5) is 0 Å². The van der Waals surface area contributed by atoms with Gasteiger partial charge in [-0.15, -0.1) is 0 Å². The number of likely N-dealkylation sites (tertiary alicyclic amines) is 1. The molecule has 0 saturated carbocycles. The summed E-state index contributed by atoms with van der Waals surface area (Å²) in [6, 6.07) is 1.98. The molecule has 0 radical (unpaired) electrons. The average Bonchev–Trinajstić information content (AvgIpc) is 3.29. The lowest BCUT2D eigenvalue weighted by atomic mass is 9.89. The Kier molecular flexibility index (Phi) is 5.33. The van der Waals surface area contributed by atoms with Gasteiger partial charge in [0.2, 0.25) is 5.89 Å². The quantitative estimate of drug-likeness (QED) is 0.769. The van der Waals surface area contributed by atoms with Crippen molar-refractivity contribution < 1.29 is 9.26 Å². The molecule has 0 aliphatic carbocycles. The summed E-state index contributed by atoms with van der Waals surface area (Å²) in [5.41, 5.74) is -0.00814. The summed E-state index contributed by atoms with van der Waals surface area (Å²) in [5, 5.41) is 8.15. The van der Waals surface area contributed by atoms with Crippen molar-refractivity contribution in [3.05, 3.63) is 30.2 Å². The summed E-state index contributed by atoms with van der Waals surface area (Å²) in [7, 11) is 0. The van der Waals surface area contributed by atoms with Gasteiger partial charge in [-0.05, 0) is 38.8 Å². The Balaban J connectivity index is 1.23. The molecule has 0 unspecified atom stereocenters. The van der Waals surface area contributed by atoms with E-state index in [2.05, 4.69) is 25.0 Å². The summed E-state index contributed by atoms with van der Waals surface area (Å²) in [5.74, 6) is 1.40. The lowest BCUT2D eigenvalue weighted by molar-refractivity contribution is -0.138. The molecule has 2 aromatic heterocycles. The summed E-state index contributed by atoms with van der Waals surface area (Å²) in [6.07, 6.45) is 7.19. The third-order valence-electron chi connectivity index (χ3n) is 5.44. The number of aryl methyl sites for hydroxylation is 2. The highest BCUT2D eigenvalue weighted by atomic mass is 16.5. The molecule has 4 rings (SSSR count). The second kappa shape index (κ2) is 7.85. The maximum atomic E-state index is 6.24. The monoisotopic (exact) mass is 360 g/mol. The number of ether oxygens (including phenoxy) is 1. The number of hydrogen-bond acceptors (Lipinski definition) is 7. The Bertz CT molecular complexity index is 678. The van der Waals surface area contributed by atoms with Crippen LogP contribution in [-0.2, 0) is 17.8 Å². The smallest absolute Gasteiger partial charge is 0.240 e. The van der Waals surface area contributed by atoms with Crippen LogP contribution in [0.1, 0.15) is 31.0 Å².